The quantitative estimate of drug-likeness (QED) is 0.209. The van der Waals surface area contributed by atoms with Gasteiger partial charge in [0.1, 0.15) is 0 Å². The van der Waals surface area contributed by atoms with Crippen LogP contribution in [0.25, 0.3) is 22.3 Å². The van der Waals surface area contributed by atoms with Gasteiger partial charge in [-0.3, -0.25) is 0 Å². The van der Waals surface area contributed by atoms with Gasteiger partial charge in [-0.1, -0.05) is 115 Å². The average molecular weight is 727 g/mol. The molecule has 0 atom stereocenters. The molecule has 0 aromatic heterocycles. The van der Waals surface area contributed by atoms with E-state index in [4.69, 9.17) is 0 Å². The number of hydrogen-bond acceptors (Lipinski definition) is 0. The van der Waals surface area contributed by atoms with Crippen molar-refractivity contribution < 1.29 is 49.0 Å². The Hall–Kier alpha value is -2.44. The SMILES string of the molecule is CC(C)(C)c1[c-]c2c(cc1)-c1ccc(C(C)(C)C)cc1C2.C[C](=[Zr+2])c1ccc(C)cc1.Cc1cc(-c2ccccc2)c(C)[cH-]1.[Cl-].[Cl-]. The van der Waals surface area contributed by atoms with E-state index in [1.54, 1.807) is 0 Å². The van der Waals surface area contributed by atoms with E-state index in [1.807, 2.05) is 0 Å². The predicted molar refractivity (Wildman–Crippen MR) is 189 cm³/mol. The van der Waals surface area contributed by atoms with Gasteiger partial charge in [0, 0.05) is 0 Å². The summed E-state index contributed by atoms with van der Waals surface area (Å²) in [5, 5.41) is 0. The Kier molecular flexibility index (Phi) is 14.3. The number of aryl methyl sites for hydroxylation is 3. The van der Waals surface area contributed by atoms with Crippen molar-refractivity contribution in [3.63, 3.8) is 0 Å². The predicted octanol–water partition coefficient (Wildman–Crippen LogP) is 5.43. The summed E-state index contributed by atoms with van der Waals surface area (Å²) < 4.78 is 1.46. The van der Waals surface area contributed by atoms with Gasteiger partial charge < -0.3 is 24.8 Å². The number of halogens is 2. The Bertz CT molecular complexity index is 1670. The number of fused-ring (bicyclic) bond motifs is 3. The van der Waals surface area contributed by atoms with Crippen molar-refractivity contribution in [3.05, 3.63) is 148 Å². The zero-order chi connectivity index (χ0) is 32.2. The molecule has 5 aromatic rings. The zero-order valence-electron chi connectivity index (χ0n) is 29.2. The van der Waals surface area contributed by atoms with Crippen molar-refractivity contribution >= 4 is 3.21 Å². The molecule has 0 aliphatic heterocycles. The Morgan fingerprint density at radius 1 is 0.696 bits per heavy atom. The molecule has 1 aliphatic carbocycles. The summed E-state index contributed by atoms with van der Waals surface area (Å²) in [5.74, 6) is 0. The maximum atomic E-state index is 3.67. The molecule has 0 spiro atoms. The Balaban J connectivity index is 0.000000254. The molecule has 0 amide bonds. The molecule has 0 fully saturated rings. The van der Waals surface area contributed by atoms with E-state index in [1.165, 1.54) is 94.2 Å². The van der Waals surface area contributed by atoms with Crippen LogP contribution in [0.2, 0.25) is 0 Å². The van der Waals surface area contributed by atoms with E-state index in [0.717, 1.165) is 6.42 Å². The monoisotopic (exact) mass is 724 g/mol. The molecule has 0 saturated heterocycles. The van der Waals surface area contributed by atoms with Crippen LogP contribution in [0.15, 0.2) is 97.1 Å². The van der Waals surface area contributed by atoms with Crippen LogP contribution in [0.1, 0.15) is 93.0 Å². The van der Waals surface area contributed by atoms with Crippen LogP contribution < -0.4 is 24.8 Å². The number of rotatable bonds is 2. The Morgan fingerprint density at radius 2 is 1.30 bits per heavy atom. The first kappa shape index (κ1) is 39.7. The molecule has 6 rings (SSSR count). The van der Waals surface area contributed by atoms with Gasteiger partial charge in [-0.2, -0.15) is 46.5 Å². The maximum Gasteiger partial charge on any atom is -0.0623 e. The van der Waals surface area contributed by atoms with Gasteiger partial charge in [0.2, 0.25) is 0 Å². The van der Waals surface area contributed by atoms with Crippen LogP contribution in [0.4, 0.5) is 0 Å². The Morgan fingerprint density at radius 3 is 1.83 bits per heavy atom. The molecule has 1 aliphatic rings. The smallest absolute Gasteiger partial charge is 0.0623 e. The van der Waals surface area contributed by atoms with Crippen LogP contribution in [-0.2, 0) is 41.5 Å². The second-order valence-corrected chi connectivity index (χ2v) is 16.1. The van der Waals surface area contributed by atoms with Crippen LogP contribution in [-0.4, -0.2) is 3.21 Å². The van der Waals surface area contributed by atoms with Crippen molar-refractivity contribution in [1.82, 2.24) is 0 Å². The third-order valence-corrected chi connectivity index (χ3v) is 8.98. The van der Waals surface area contributed by atoms with Crippen molar-refractivity contribution in [2.45, 2.75) is 86.5 Å². The largest absolute Gasteiger partial charge is 1.00 e. The van der Waals surface area contributed by atoms with E-state index < -0.39 is 0 Å². The van der Waals surface area contributed by atoms with E-state index in [2.05, 4.69) is 172 Å². The summed E-state index contributed by atoms with van der Waals surface area (Å²) in [6, 6.07) is 38.8. The van der Waals surface area contributed by atoms with Crippen molar-refractivity contribution in [1.29, 1.82) is 0 Å². The molecule has 46 heavy (non-hydrogen) atoms. The average Bonchev–Trinajstić information content (AvgIpc) is 3.51. The molecule has 0 N–H and O–H groups in total. The second kappa shape index (κ2) is 16.6. The minimum atomic E-state index is 0. The van der Waals surface area contributed by atoms with E-state index in [0.29, 0.717) is 0 Å². The molecule has 0 radical (unpaired) electrons. The van der Waals surface area contributed by atoms with Crippen molar-refractivity contribution in [2.75, 3.05) is 0 Å². The number of benzene rings is 4. The summed E-state index contributed by atoms with van der Waals surface area (Å²) >= 11 is 1.51. The fraction of sp³-hybridized carbons (Fsp3) is 0.302. The molecular formula is C43H48Cl2Zr-2. The standard InChI is InChI=1S/C21H25.C13H13.C9H10.2ClH.Zr/c1-20(2,3)16-7-9-18-14(12-16)11-15-13-17(21(4,5)6)8-10-19(15)18;1-10-8-11(2)13(9-10)12-6-4-3-5-7-12;1-3-9-6-4-8(2)5-7-9;;;/h7-10,12H,11H2,1-6H3;3-9H,1-2H3;4-7H,1-2H3;2*1H;/q2*-1;;;;+2/p-2. The summed E-state index contributed by atoms with van der Waals surface area (Å²) in [4.78, 5) is 0. The molecule has 0 nitrogen and oxygen atoms in total. The molecule has 0 unspecified atom stereocenters. The maximum absolute atomic E-state index is 3.67. The minimum Gasteiger partial charge on any atom is -1.00 e. The molecule has 240 valence electrons. The van der Waals surface area contributed by atoms with Crippen LogP contribution in [0.5, 0.6) is 0 Å². The number of hydrogen-bond donors (Lipinski definition) is 0. The molecule has 0 saturated carbocycles. The first-order valence-corrected chi connectivity index (χ1v) is 17.0. The van der Waals surface area contributed by atoms with Gasteiger partial charge in [0.25, 0.3) is 0 Å². The summed E-state index contributed by atoms with van der Waals surface area (Å²) in [7, 11) is 0. The van der Waals surface area contributed by atoms with Gasteiger partial charge in [0.15, 0.2) is 0 Å². The zero-order valence-corrected chi connectivity index (χ0v) is 33.2. The van der Waals surface area contributed by atoms with E-state index in [-0.39, 0.29) is 35.6 Å². The third-order valence-electron chi connectivity index (χ3n) is 8.27. The normalized spacial score (nSPS) is 11.4. The third kappa shape index (κ3) is 10.3. The van der Waals surface area contributed by atoms with Crippen molar-refractivity contribution in [2.24, 2.45) is 0 Å². The summed E-state index contributed by atoms with van der Waals surface area (Å²) in [6.07, 6.45) is 1.03. The first-order valence-electron chi connectivity index (χ1n) is 15.7. The Labute approximate surface area is 306 Å². The van der Waals surface area contributed by atoms with Gasteiger partial charge in [-0.25, -0.2) is 6.07 Å². The van der Waals surface area contributed by atoms with Crippen LogP contribution in [0.3, 0.4) is 0 Å². The fourth-order valence-corrected chi connectivity index (χ4v) is 5.97. The summed E-state index contributed by atoms with van der Waals surface area (Å²) in [5.41, 5.74) is 16.8. The van der Waals surface area contributed by atoms with E-state index in [9.17, 15) is 0 Å². The first-order chi connectivity index (χ1) is 20.6. The molecular weight excluding hydrogens is 679 g/mol. The second-order valence-electron chi connectivity index (χ2n) is 14.3. The topological polar surface area (TPSA) is 0 Å². The van der Waals surface area contributed by atoms with Gasteiger partial charge >= 0.3 is 76.7 Å². The molecule has 0 heterocycles. The van der Waals surface area contributed by atoms with Gasteiger partial charge in [-0.15, -0.1) is 11.1 Å². The van der Waals surface area contributed by atoms with Crippen molar-refractivity contribution in [3.8, 4) is 22.3 Å². The van der Waals surface area contributed by atoms with Crippen LogP contribution in [0, 0.1) is 26.8 Å². The minimum absolute atomic E-state index is 0. The summed E-state index contributed by atoms with van der Waals surface area (Å²) in [6.45, 7) is 22.2. The molecule has 5 aromatic carbocycles. The molecule has 0 bridgehead atoms. The van der Waals surface area contributed by atoms with Crippen LogP contribution >= 0.6 is 0 Å². The fourth-order valence-electron chi connectivity index (χ4n) is 5.56. The molecule has 3 heteroatoms. The van der Waals surface area contributed by atoms with Gasteiger partial charge in [0.05, 0.1) is 0 Å². The van der Waals surface area contributed by atoms with E-state index >= 15 is 0 Å². The van der Waals surface area contributed by atoms with Gasteiger partial charge in [-0.05, 0) is 28.4 Å².